The SMILES string of the molecule is CCCCCCC=CCCCC(O)CC(=O)NCC(=O)NC(CCCN=C(N)N)C(=O)NC1CCCCNC(=O)C(CCCCN)NC(=O)C(CCCCN)NC(=O)C(CCCCN)NC(=O)C(CCCCN)NC1=O. The second-order valence-electron chi connectivity index (χ2n) is 19.7. The Labute approximate surface area is 451 Å². The molecule has 76 heavy (non-hydrogen) atoms. The lowest BCUT2D eigenvalue weighted by molar-refractivity contribution is -0.135. The van der Waals surface area contributed by atoms with Crippen LogP contribution in [0.15, 0.2) is 17.1 Å². The summed E-state index contributed by atoms with van der Waals surface area (Å²) in [6.45, 7) is 3.28. The Morgan fingerprint density at radius 3 is 1.62 bits per heavy atom. The monoisotopic (exact) mass is 1080 g/mol. The van der Waals surface area contributed by atoms with Crippen LogP contribution in [-0.2, 0) is 38.4 Å². The topological polar surface area (TPSA) is 422 Å². The van der Waals surface area contributed by atoms with Crippen molar-refractivity contribution in [1.29, 1.82) is 0 Å². The van der Waals surface area contributed by atoms with Crippen molar-refractivity contribution in [2.45, 2.75) is 216 Å². The number of carbonyl (C=O) groups is 8. The molecule has 0 spiro atoms. The largest absolute Gasteiger partial charge is 0.393 e. The maximum Gasteiger partial charge on any atom is 0.243 e. The van der Waals surface area contributed by atoms with E-state index in [0.29, 0.717) is 96.8 Å². The lowest BCUT2D eigenvalue weighted by Crippen LogP contribution is -2.59. The second-order valence-corrected chi connectivity index (χ2v) is 19.7. The lowest BCUT2D eigenvalue weighted by atomic mass is 10.0. The average Bonchev–Trinajstić information content (AvgIpc) is 3.38. The van der Waals surface area contributed by atoms with Crippen LogP contribution in [0.4, 0.5) is 0 Å². The van der Waals surface area contributed by atoms with Crippen LogP contribution >= 0.6 is 0 Å². The minimum atomic E-state index is -1.27. The van der Waals surface area contributed by atoms with Crippen LogP contribution in [-0.4, -0.2) is 146 Å². The van der Waals surface area contributed by atoms with Crippen molar-refractivity contribution >= 4 is 53.2 Å². The van der Waals surface area contributed by atoms with Crippen LogP contribution < -0.4 is 76.9 Å². The molecule has 7 atom stereocenters. The van der Waals surface area contributed by atoms with E-state index < -0.39 is 96.2 Å². The van der Waals surface area contributed by atoms with Gasteiger partial charge in [0.05, 0.1) is 19.1 Å². The minimum Gasteiger partial charge on any atom is -0.393 e. The Morgan fingerprint density at radius 2 is 1.12 bits per heavy atom. The Bertz CT molecular complexity index is 1750. The fraction of sp³-hybridized carbons (Fsp3) is 0.788. The van der Waals surface area contributed by atoms with Crippen LogP contribution in [0, 0.1) is 0 Å². The number of carbonyl (C=O) groups excluding carboxylic acids is 8. The smallest absolute Gasteiger partial charge is 0.243 e. The van der Waals surface area contributed by atoms with Gasteiger partial charge in [0.15, 0.2) is 5.96 Å². The Balaban J connectivity index is 3.47. The first-order chi connectivity index (χ1) is 36.6. The summed E-state index contributed by atoms with van der Waals surface area (Å²) in [6, 6.07) is -6.89. The van der Waals surface area contributed by atoms with Crippen molar-refractivity contribution in [1.82, 2.24) is 42.5 Å². The molecule has 8 amide bonds. The number of unbranched alkanes of at least 4 members (excludes halogenated alkanes) is 9. The van der Waals surface area contributed by atoms with Gasteiger partial charge in [0, 0.05) is 13.1 Å². The van der Waals surface area contributed by atoms with Crippen LogP contribution in [0.3, 0.4) is 0 Å². The molecule has 1 aliphatic rings. The molecule has 0 aromatic carbocycles. The molecule has 21 N–H and O–H groups in total. The molecule has 1 saturated heterocycles. The van der Waals surface area contributed by atoms with Gasteiger partial charge in [-0.2, -0.15) is 0 Å². The summed E-state index contributed by atoms with van der Waals surface area (Å²) in [4.78, 5) is 115. The van der Waals surface area contributed by atoms with Gasteiger partial charge in [0.2, 0.25) is 47.3 Å². The Morgan fingerprint density at radius 1 is 0.618 bits per heavy atom. The summed E-state index contributed by atoms with van der Waals surface area (Å²) < 4.78 is 0. The Kier molecular flexibility index (Phi) is 39.4. The predicted molar refractivity (Wildman–Crippen MR) is 295 cm³/mol. The highest BCUT2D eigenvalue weighted by Crippen LogP contribution is 2.13. The van der Waals surface area contributed by atoms with E-state index in [4.69, 9.17) is 34.4 Å². The van der Waals surface area contributed by atoms with Crippen molar-refractivity contribution in [3.8, 4) is 0 Å². The molecule has 0 radical (unpaired) electrons. The molecule has 0 saturated carbocycles. The number of aliphatic imine (C=N–C) groups is 1. The molecule has 1 heterocycles. The van der Waals surface area contributed by atoms with E-state index >= 15 is 0 Å². The first kappa shape index (κ1) is 68.6. The van der Waals surface area contributed by atoms with Gasteiger partial charge in [0.25, 0.3) is 0 Å². The van der Waals surface area contributed by atoms with E-state index in [1.807, 2.05) is 0 Å². The number of allylic oxidation sites excluding steroid dienone is 2. The number of aliphatic hydroxyl groups is 1. The van der Waals surface area contributed by atoms with Gasteiger partial charge in [-0.3, -0.25) is 43.3 Å². The molecule has 436 valence electrons. The summed E-state index contributed by atoms with van der Waals surface area (Å²) in [5.41, 5.74) is 34.1. The summed E-state index contributed by atoms with van der Waals surface area (Å²) in [6.07, 6.45) is 16.5. The number of hydrogen-bond donors (Lipinski definition) is 15. The van der Waals surface area contributed by atoms with Crippen molar-refractivity contribution in [2.24, 2.45) is 39.4 Å². The van der Waals surface area contributed by atoms with Crippen molar-refractivity contribution in [2.75, 3.05) is 45.8 Å². The van der Waals surface area contributed by atoms with E-state index in [2.05, 4.69) is 66.6 Å². The molecule has 1 aliphatic heterocycles. The lowest BCUT2D eigenvalue weighted by Gasteiger charge is -2.28. The van der Waals surface area contributed by atoms with E-state index in [1.54, 1.807) is 0 Å². The molecule has 0 aromatic rings. The minimum absolute atomic E-state index is 0.0170. The number of hydrogen-bond acceptors (Lipinski definition) is 14. The maximum absolute atomic E-state index is 14.4. The number of aliphatic hydroxyl groups excluding tert-OH is 1. The van der Waals surface area contributed by atoms with Crippen LogP contribution in [0.5, 0.6) is 0 Å². The van der Waals surface area contributed by atoms with Crippen LogP contribution in [0.25, 0.3) is 0 Å². The van der Waals surface area contributed by atoms with Gasteiger partial charge < -0.3 is 82.0 Å². The molecule has 24 heteroatoms. The molecule has 0 bridgehead atoms. The van der Waals surface area contributed by atoms with Crippen molar-refractivity contribution in [3.63, 3.8) is 0 Å². The van der Waals surface area contributed by atoms with Gasteiger partial charge >= 0.3 is 0 Å². The molecular formula is C52H99N15O9. The molecule has 1 rings (SSSR count). The second kappa shape index (κ2) is 43.6. The van der Waals surface area contributed by atoms with Crippen molar-refractivity contribution < 1.29 is 43.5 Å². The van der Waals surface area contributed by atoms with E-state index in [1.165, 1.54) is 19.3 Å². The zero-order chi connectivity index (χ0) is 56.4. The van der Waals surface area contributed by atoms with Gasteiger partial charge in [0.1, 0.15) is 36.3 Å². The standard InChI is InChI=1S/C52H99N15O9/c1-2-3-4-5-6-7-8-9-10-22-37(68)35-44(69)61-36-45(70)62-39(28-21-34-60-52(57)58)47(72)64-43-27-15-20-33-59-46(71)38(23-11-16-29-53)63-48(73)40(24-12-17-30-54)65-49(74)41(25-13-18-31-55)66-50(75)42(67-51(43)76)26-14-19-32-56/h7-8,37-43,68H,2-6,9-36,53-56H2,1H3,(H,59,71)(H,61,69)(H,62,70)(H,63,73)(H,64,72)(H,65,74)(H,66,75)(H,67,76)(H4,57,58,60). The Hall–Kier alpha value is -5.43. The van der Waals surface area contributed by atoms with Gasteiger partial charge in [-0.25, -0.2) is 0 Å². The summed E-state index contributed by atoms with van der Waals surface area (Å²) >= 11 is 0. The third kappa shape index (κ3) is 32.9. The molecule has 7 unspecified atom stereocenters. The molecule has 0 aliphatic carbocycles. The zero-order valence-corrected chi connectivity index (χ0v) is 45.7. The summed E-state index contributed by atoms with van der Waals surface area (Å²) in [5, 5.41) is 32.5. The molecule has 0 aromatic heterocycles. The van der Waals surface area contributed by atoms with Crippen LogP contribution in [0.1, 0.15) is 174 Å². The maximum atomic E-state index is 14.4. The van der Waals surface area contributed by atoms with Gasteiger partial charge in [-0.1, -0.05) is 38.3 Å². The number of guanidine groups is 1. The molecule has 1 fully saturated rings. The summed E-state index contributed by atoms with van der Waals surface area (Å²) in [5.74, 6) is -5.27. The zero-order valence-electron chi connectivity index (χ0n) is 45.7. The van der Waals surface area contributed by atoms with Gasteiger partial charge in [-0.15, -0.1) is 0 Å². The highest BCUT2D eigenvalue weighted by molar-refractivity contribution is 5.97. The fourth-order valence-electron chi connectivity index (χ4n) is 8.47. The van der Waals surface area contributed by atoms with Crippen molar-refractivity contribution in [3.05, 3.63) is 12.2 Å². The average molecular weight is 1080 g/mol. The normalized spacial score (nSPS) is 20.1. The molecular weight excluding hydrogens is 979 g/mol. The number of nitrogens with one attached hydrogen (secondary N) is 8. The number of nitrogens with zero attached hydrogens (tertiary/aromatic N) is 1. The third-order valence-electron chi connectivity index (χ3n) is 12.9. The quantitative estimate of drug-likeness (QED) is 0.0160. The van der Waals surface area contributed by atoms with Crippen LogP contribution in [0.2, 0.25) is 0 Å². The van der Waals surface area contributed by atoms with E-state index in [9.17, 15) is 43.5 Å². The first-order valence-electron chi connectivity index (χ1n) is 28.1. The predicted octanol–water partition coefficient (Wildman–Crippen LogP) is -0.671. The molecule has 24 nitrogen and oxygen atoms in total. The number of amides is 8. The number of rotatable bonds is 36. The third-order valence-corrected chi connectivity index (χ3v) is 12.9. The number of nitrogens with two attached hydrogens (primary N) is 6. The summed E-state index contributed by atoms with van der Waals surface area (Å²) in [7, 11) is 0. The fourth-order valence-corrected chi connectivity index (χ4v) is 8.47. The van der Waals surface area contributed by atoms with E-state index in [-0.39, 0.29) is 76.8 Å². The first-order valence-corrected chi connectivity index (χ1v) is 28.1. The highest BCUT2D eigenvalue weighted by atomic mass is 16.3. The van der Waals surface area contributed by atoms with E-state index in [0.717, 1.165) is 19.3 Å². The van der Waals surface area contributed by atoms with Gasteiger partial charge in [-0.05, 0) is 167 Å². The highest BCUT2D eigenvalue weighted by Gasteiger charge is 2.33.